The average molecular weight is 386 g/mol. The van der Waals surface area contributed by atoms with Gasteiger partial charge in [0.05, 0.1) is 0 Å². The number of carbonyl (C=O) groups excluding carboxylic acids is 3. The normalized spacial score (nSPS) is 24.7. The van der Waals surface area contributed by atoms with Crippen molar-refractivity contribution in [1.29, 1.82) is 0 Å². The highest BCUT2D eigenvalue weighted by Gasteiger charge is 2.55. The number of benzene rings is 1. The van der Waals surface area contributed by atoms with E-state index in [4.69, 9.17) is 0 Å². The van der Waals surface area contributed by atoms with Crippen LogP contribution in [0.15, 0.2) is 24.3 Å². The smallest absolute Gasteiger partial charge is 0.325 e. The van der Waals surface area contributed by atoms with Gasteiger partial charge in [0.1, 0.15) is 12.1 Å². The molecule has 1 aliphatic carbocycles. The van der Waals surface area contributed by atoms with Crippen molar-refractivity contribution in [3.63, 3.8) is 0 Å². The lowest BCUT2D eigenvalue weighted by Crippen LogP contribution is -2.54. The van der Waals surface area contributed by atoms with Gasteiger partial charge in [-0.15, -0.1) is 0 Å². The molecule has 2 aliphatic rings. The summed E-state index contributed by atoms with van der Waals surface area (Å²) >= 11 is 0. The number of amides is 4. The Hall–Kier alpha value is -2.37. The summed E-state index contributed by atoms with van der Waals surface area (Å²) in [6.07, 6.45) is 4.28. The summed E-state index contributed by atoms with van der Waals surface area (Å²) in [7, 11) is 0. The average Bonchev–Trinajstić information content (AvgIpc) is 2.89. The summed E-state index contributed by atoms with van der Waals surface area (Å²) < 4.78 is 0. The van der Waals surface area contributed by atoms with E-state index in [2.05, 4.69) is 48.7 Å². The highest BCUT2D eigenvalue weighted by atomic mass is 16.2. The minimum atomic E-state index is -0.812. The molecular weight excluding hydrogens is 354 g/mol. The number of hydrogen-bond donors (Lipinski definition) is 2. The maximum atomic E-state index is 12.9. The zero-order chi connectivity index (χ0) is 20.3. The first-order valence-corrected chi connectivity index (χ1v) is 10.3. The molecule has 6 heteroatoms. The Labute approximate surface area is 167 Å². The van der Waals surface area contributed by atoms with Crippen molar-refractivity contribution in [2.75, 3.05) is 13.1 Å². The van der Waals surface area contributed by atoms with Gasteiger partial charge in [0.2, 0.25) is 5.91 Å². The summed E-state index contributed by atoms with van der Waals surface area (Å²) in [5.41, 5.74) is 1.63. The third-order valence-electron chi connectivity index (χ3n) is 6.19. The predicted molar refractivity (Wildman–Crippen MR) is 108 cm³/mol. The second kappa shape index (κ2) is 8.33. The van der Waals surface area contributed by atoms with Crippen molar-refractivity contribution in [2.45, 2.75) is 64.3 Å². The Morgan fingerprint density at radius 2 is 1.96 bits per heavy atom. The number of urea groups is 1. The Morgan fingerprint density at radius 1 is 1.25 bits per heavy atom. The molecule has 6 nitrogen and oxygen atoms in total. The number of rotatable bonds is 6. The third kappa shape index (κ3) is 4.05. The molecule has 0 unspecified atom stereocenters. The van der Waals surface area contributed by atoms with Crippen LogP contribution in [0.4, 0.5) is 4.79 Å². The van der Waals surface area contributed by atoms with E-state index in [0.29, 0.717) is 25.3 Å². The summed E-state index contributed by atoms with van der Waals surface area (Å²) in [5, 5.41) is 5.70. The van der Waals surface area contributed by atoms with Crippen LogP contribution >= 0.6 is 0 Å². The van der Waals surface area contributed by atoms with Gasteiger partial charge < -0.3 is 10.6 Å². The summed E-state index contributed by atoms with van der Waals surface area (Å²) in [6, 6.07) is 7.93. The summed E-state index contributed by atoms with van der Waals surface area (Å²) in [5.74, 6) is 0.0413. The first-order chi connectivity index (χ1) is 13.3. The van der Waals surface area contributed by atoms with Crippen molar-refractivity contribution < 1.29 is 14.4 Å². The standard InChI is InChI=1S/C22H31N3O3/c1-15(2)18-9-7-17(8-10-18)11-13-23-19(26)14-25-20(27)22(24-21(25)28)12-5-4-6-16(22)3/h7-10,15-16H,4-6,11-14H2,1-3H3,(H,23,26)(H,24,28)/t16-,22+/m1/s1. The first-order valence-electron chi connectivity index (χ1n) is 10.3. The van der Waals surface area contributed by atoms with Gasteiger partial charge in [0.15, 0.2) is 0 Å². The maximum absolute atomic E-state index is 12.9. The van der Waals surface area contributed by atoms with Gasteiger partial charge >= 0.3 is 6.03 Å². The molecule has 2 atom stereocenters. The Bertz CT molecular complexity index is 744. The van der Waals surface area contributed by atoms with Gasteiger partial charge in [-0.2, -0.15) is 0 Å². The zero-order valence-electron chi connectivity index (χ0n) is 17.1. The lowest BCUT2D eigenvalue weighted by atomic mass is 9.73. The lowest BCUT2D eigenvalue weighted by Gasteiger charge is -2.36. The third-order valence-corrected chi connectivity index (χ3v) is 6.19. The van der Waals surface area contributed by atoms with Crippen LogP contribution in [-0.4, -0.2) is 41.4 Å². The molecule has 1 heterocycles. The molecule has 2 fully saturated rings. The van der Waals surface area contributed by atoms with Crippen LogP contribution in [0.3, 0.4) is 0 Å². The fraction of sp³-hybridized carbons (Fsp3) is 0.591. The maximum Gasteiger partial charge on any atom is 0.325 e. The van der Waals surface area contributed by atoms with E-state index >= 15 is 0 Å². The molecule has 2 N–H and O–H groups in total. The highest BCUT2D eigenvalue weighted by Crippen LogP contribution is 2.38. The molecule has 0 radical (unpaired) electrons. The second-order valence-corrected chi connectivity index (χ2v) is 8.44. The Balaban J connectivity index is 1.50. The van der Waals surface area contributed by atoms with Crippen LogP contribution in [0.25, 0.3) is 0 Å². The van der Waals surface area contributed by atoms with Crippen molar-refractivity contribution in [1.82, 2.24) is 15.5 Å². The van der Waals surface area contributed by atoms with Crippen LogP contribution in [0, 0.1) is 5.92 Å². The van der Waals surface area contributed by atoms with Gasteiger partial charge in [-0.25, -0.2) is 4.79 Å². The Morgan fingerprint density at radius 3 is 2.61 bits per heavy atom. The quantitative estimate of drug-likeness (QED) is 0.739. The molecule has 3 rings (SSSR count). The van der Waals surface area contributed by atoms with Crippen molar-refractivity contribution in [3.8, 4) is 0 Å². The van der Waals surface area contributed by atoms with E-state index in [1.54, 1.807) is 0 Å². The SMILES string of the molecule is CC(C)c1ccc(CCNC(=O)CN2C(=O)N[C@]3(CCCC[C@H]3C)C2=O)cc1. The highest BCUT2D eigenvalue weighted by molar-refractivity contribution is 6.09. The fourth-order valence-electron chi connectivity index (χ4n) is 4.25. The largest absolute Gasteiger partial charge is 0.354 e. The molecule has 0 bridgehead atoms. The molecule has 4 amide bonds. The minimum Gasteiger partial charge on any atom is -0.354 e. The number of nitrogens with one attached hydrogen (secondary N) is 2. The molecule has 152 valence electrons. The second-order valence-electron chi connectivity index (χ2n) is 8.44. The van der Waals surface area contributed by atoms with E-state index in [1.807, 2.05) is 6.92 Å². The summed E-state index contributed by atoms with van der Waals surface area (Å²) in [6.45, 7) is 6.58. The zero-order valence-corrected chi connectivity index (χ0v) is 17.1. The molecule has 0 aromatic heterocycles. The van der Waals surface area contributed by atoms with E-state index in [-0.39, 0.29) is 24.3 Å². The van der Waals surface area contributed by atoms with E-state index in [9.17, 15) is 14.4 Å². The molecule has 1 saturated carbocycles. The van der Waals surface area contributed by atoms with E-state index in [1.165, 1.54) is 5.56 Å². The van der Waals surface area contributed by atoms with Crippen molar-refractivity contribution in [3.05, 3.63) is 35.4 Å². The van der Waals surface area contributed by atoms with Crippen molar-refractivity contribution in [2.24, 2.45) is 5.92 Å². The molecule has 1 aromatic carbocycles. The van der Waals surface area contributed by atoms with Crippen LogP contribution in [0.2, 0.25) is 0 Å². The molecule has 1 saturated heterocycles. The van der Waals surface area contributed by atoms with Gasteiger partial charge in [-0.05, 0) is 42.2 Å². The first kappa shape index (κ1) is 20.4. The minimum absolute atomic E-state index is 0.0968. The molecule has 1 aliphatic heterocycles. The number of carbonyl (C=O) groups is 3. The van der Waals surface area contributed by atoms with Gasteiger partial charge in [-0.1, -0.05) is 57.9 Å². The van der Waals surface area contributed by atoms with Crippen molar-refractivity contribution >= 4 is 17.8 Å². The number of imide groups is 1. The molecule has 28 heavy (non-hydrogen) atoms. The lowest BCUT2D eigenvalue weighted by molar-refractivity contribution is -0.137. The van der Waals surface area contributed by atoms with Gasteiger partial charge in [0.25, 0.3) is 5.91 Å². The van der Waals surface area contributed by atoms with Crippen LogP contribution in [0.5, 0.6) is 0 Å². The topological polar surface area (TPSA) is 78.5 Å². The fourth-order valence-corrected chi connectivity index (χ4v) is 4.25. The molecule has 1 aromatic rings. The number of nitrogens with zero attached hydrogens (tertiary/aromatic N) is 1. The van der Waals surface area contributed by atoms with E-state index < -0.39 is 11.6 Å². The predicted octanol–water partition coefficient (Wildman–Crippen LogP) is 2.97. The van der Waals surface area contributed by atoms with Crippen LogP contribution < -0.4 is 10.6 Å². The van der Waals surface area contributed by atoms with Gasteiger partial charge in [0, 0.05) is 6.54 Å². The molecule has 1 spiro atoms. The molecular formula is C22H31N3O3. The number of hydrogen-bond acceptors (Lipinski definition) is 3. The van der Waals surface area contributed by atoms with Gasteiger partial charge in [-0.3, -0.25) is 14.5 Å². The monoisotopic (exact) mass is 385 g/mol. The Kier molecular flexibility index (Phi) is 6.06. The van der Waals surface area contributed by atoms with E-state index in [0.717, 1.165) is 29.7 Å². The summed E-state index contributed by atoms with van der Waals surface area (Å²) in [4.78, 5) is 38.6. The van der Waals surface area contributed by atoms with Crippen LogP contribution in [0.1, 0.15) is 63.5 Å². The van der Waals surface area contributed by atoms with Crippen LogP contribution in [-0.2, 0) is 16.0 Å².